The van der Waals surface area contributed by atoms with Crippen LogP contribution in [0.15, 0.2) is 16.6 Å². The van der Waals surface area contributed by atoms with Gasteiger partial charge in [-0.3, -0.25) is 4.99 Å². The highest BCUT2D eigenvalue weighted by Crippen LogP contribution is 2.30. The molecule has 0 N–H and O–H groups in total. The van der Waals surface area contributed by atoms with E-state index in [1.807, 2.05) is 6.21 Å². The Morgan fingerprint density at radius 3 is 2.36 bits per heavy atom. The van der Waals surface area contributed by atoms with Crippen LogP contribution in [-0.4, -0.2) is 12.3 Å². The first kappa shape index (κ1) is 11.5. The molecule has 1 fully saturated rings. The SMILES string of the molecule is C/C(=C\C=NC(C)C1CCC1)C(C)C. The van der Waals surface area contributed by atoms with Crippen molar-refractivity contribution in [3.8, 4) is 0 Å². The number of aliphatic imine (C=N–C) groups is 1. The molecule has 0 heterocycles. The molecular weight excluding hydrogens is 170 g/mol. The number of rotatable bonds is 4. The third kappa shape index (κ3) is 3.28. The van der Waals surface area contributed by atoms with Crippen LogP contribution in [0.2, 0.25) is 0 Å². The molecule has 0 amide bonds. The Bertz CT molecular complexity index is 221. The molecule has 1 unspecified atom stereocenters. The fourth-order valence-corrected chi connectivity index (χ4v) is 1.53. The lowest BCUT2D eigenvalue weighted by Crippen LogP contribution is -2.22. The van der Waals surface area contributed by atoms with Crippen molar-refractivity contribution in [1.29, 1.82) is 0 Å². The van der Waals surface area contributed by atoms with E-state index in [0.29, 0.717) is 12.0 Å². The van der Waals surface area contributed by atoms with Gasteiger partial charge in [-0.15, -0.1) is 0 Å². The fourth-order valence-electron chi connectivity index (χ4n) is 1.53. The van der Waals surface area contributed by atoms with E-state index in [-0.39, 0.29) is 0 Å². The molecule has 0 saturated heterocycles. The van der Waals surface area contributed by atoms with Crippen molar-refractivity contribution in [2.75, 3.05) is 0 Å². The maximum atomic E-state index is 4.57. The minimum atomic E-state index is 0.528. The zero-order valence-electron chi connectivity index (χ0n) is 9.96. The van der Waals surface area contributed by atoms with Crippen LogP contribution in [0.1, 0.15) is 47.0 Å². The summed E-state index contributed by atoms with van der Waals surface area (Å²) in [6.45, 7) is 8.84. The van der Waals surface area contributed by atoms with Gasteiger partial charge in [-0.2, -0.15) is 0 Å². The van der Waals surface area contributed by atoms with Crippen LogP contribution < -0.4 is 0 Å². The van der Waals surface area contributed by atoms with Gasteiger partial charge >= 0.3 is 0 Å². The number of hydrogen-bond acceptors (Lipinski definition) is 1. The van der Waals surface area contributed by atoms with Gasteiger partial charge in [0.1, 0.15) is 0 Å². The Labute approximate surface area is 88.3 Å². The zero-order valence-corrected chi connectivity index (χ0v) is 9.96. The lowest BCUT2D eigenvalue weighted by atomic mass is 9.81. The second kappa shape index (κ2) is 5.33. The molecule has 0 aliphatic heterocycles. The van der Waals surface area contributed by atoms with E-state index in [1.165, 1.54) is 24.8 Å². The highest BCUT2D eigenvalue weighted by Gasteiger charge is 2.22. The summed E-state index contributed by atoms with van der Waals surface area (Å²) < 4.78 is 0. The molecule has 1 saturated carbocycles. The van der Waals surface area contributed by atoms with E-state index >= 15 is 0 Å². The normalized spacial score (nSPS) is 21.6. The second-order valence-corrected chi connectivity index (χ2v) is 4.80. The quantitative estimate of drug-likeness (QED) is 0.601. The minimum Gasteiger partial charge on any atom is -0.290 e. The van der Waals surface area contributed by atoms with Crippen molar-refractivity contribution in [2.45, 2.75) is 53.0 Å². The Kier molecular flexibility index (Phi) is 4.37. The molecule has 0 radical (unpaired) electrons. The Hall–Kier alpha value is -0.590. The summed E-state index contributed by atoms with van der Waals surface area (Å²) in [7, 11) is 0. The standard InChI is InChI=1S/C13H23N/c1-10(2)11(3)8-9-14-12(4)13-6-5-7-13/h8-10,12-13H,5-7H2,1-4H3/b11-8+,14-9?. The molecule has 1 atom stereocenters. The largest absolute Gasteiger partial charge is 0.290 e. The van der Waals surface area contributed by atoms with Gasteiger partial charge in [0.25, 0.3) is 0 Å². The van der Waals surface area contributed by atoms with Crippen molar-refractivity contribution < 1.29 is 0 Å². The van der Waals surface area contributed by atoms with E-state index in [0.717, 1.165) is 5.92 Å². The average molecular weight is 193 g/mol. The van der Waals surface area contributed by atoms with Gasteiger partial charge in [-0.05, 0) is 44.6 Å². The fraction of sp³-hybridized carbons (Fsp3) is 0.769. The highest BCUT2D eigenvalue weighted by molar-refractivity contribution is 5.72. The van der Waals surface area contributed by atoms with Crippen LogP contribution in [0.25, 0.3) is 0 Å². The maximum Gasteiger partial charge on any atom is 0.0499 e. The molecule has 0 bridgehead atoms. The van der Waals surface area contributed by atoms with Crippen LogP contribution in [0, 0.1) is 11.8 Å². The Balaban J connectivity index is 2.35. The monoisotopic (exact) mass is 193 g/mol. The van der Waals surface area contributed by atoms with Gasteiger partial charge < -0.3 is 0 Å². The molecule has 1 nitrogen and oxygen atoms in total. The topological polar surface area (TPSA) is 12.4 Å². The molecule has 0 spiro atoms. The maximum absolute atomic E-state index is 4.57. The summed E-state index contributed by atoms with van der Waals surface area (Å²) in [6, 6.07) is 0.528. The van der Waals surface area contributed by atoms with Crippen LogP contribution in [-0.2, 0) is 0 Å². The van der Waals surface area contributed by atoms with Crippen molar-refractivity contribution >= 4 is 6.21 Å². The van der Waals surface area contributed by atoms with E-state index in [1.54, 1.807) is 0 Å². The summed E-state index contributed by atoms with van der Waals surface area (Å²) in [4.78, 5) is 4.57. The summed E-state index contributed by atoms with van der Waals surface area (Å²) in [6.07, 6.45) is 8.32. The first-order valence-electron chi connectivity index (χ1n) is 5.81. The van der Waals surface area contributed by atoms with E-state index < -0.39 is 0 Å². The Morgan fingerprint density at radius 1 is 1.29 bits per heavy atom. The van der Waals surface area contributed by atoms with Crippen LogP contribution in [0.5, 0.6) is 0 Å². The molecule has 80 valence electrons. The first-order valence-corrected chi connectivity index (χ1v) is 5.81. The molecule has 0 aromatic carbocycles. The van der Waals surface area contributed by atoms with Gasteiger partial charge in [0.2, 0.25) is 0 Å². The molecule has 14 heavy (non-hydrogen) atoms. The summed E-state index contributed by atoms with van der Waals surface area (Å²) in [5, 5.41) is 0. The lowest BCUT2D eigenvalue weighted by molar-refractivity contribution is 0.275. The van der Waals surface area contributed by atoms with E-state index in [4.69, 9.17) is 0 Å². The van der Waals surface area contributed by atoms with E-state index in [2.05, 4.69) is 38.8 Å². The highest BCUT2D eigenvalue weighted by atomic mass is 14.8. The smallest absolute Gasteiger partial charge is 0.0499 e. The van der Waals surface area contributed by atoms with Crippen LogP contribution in [0.3, 0.4) is 0 Å². The molecule has 1 aliphatic carbocycles. The predicted molar refractivity (Wildman–Crippen MR) is 63.9 cm³/mol. The predicted octanol–water partition coefficient (Wildman–Crippen LogP) is 3.85. The van der Waals surface area contributed by atoms with Crippen molar-refractivity contribution in [2.24, 2.45) is 16.8 Å². The van der Waals surface area contributed by atoms with Crippen molar-refractivity contribution in [3.05, 3.63) is 11.6 Å². The Morgan fingerprint density at radius 2 is 1.93 bits per heavy atom. The van der Waals surface area contributed by atoms with Crippen LogP contribution >= 0.6 is 0 Å². The number of hydrogen-bond donors (Lipinski definition) is 0. The molecular formula is C13H23N. The zero-order chi connectivity index (χ0) is 10.6. The van der Waals surface area contributed by atoms with E-state index in [9.17, 15) is 0 Å². The average Bonchev–Trinajstić information content (AvgIpc) is 2.00. The molecule has 1 heteroatoms. The minimum absolute atomic E-state index is 0.528. The third-order valence-corrected chi connectivity index (χ3v) is 3.40. The number of allylic oxidation sites excluding steroid dienone is 2. The summed E-state index contributed by atoms with van der Waals surface area (Å²) in [5.41, 5.74) is 1.41. The molecule has 0 aromatic rings. The molecule has 1 rings (SSSR count). The molecule has 0 aromatic heterocycles. The van der Waals surface area contributed by atoms with Crippen molar-refractivity contribution in [3.63, 3.8) is 0 Å². The van der Waals surface area contributed by atoms with Gasteiger partial charge in [-0.25, -0.2) is 0 Å². The van der Waals surface area contributed by atoms with Gasteiger partial charge in [0.05, 0.1) is 0 Å². The van der Waals surface area contributed by atoms with Gasteiger partial charge in [0.15, 0.2) is 0 Å². The van der Waals surface area contributed by atoms with Crippen LogP contribution in [0.4, 0.5) is 0 Å². The number of nitrogens with zero attached hydrogens (tertiary/aromatic N) is 1. The van der Waals surface area contributed by atoms with Gasteiger partial charge in [-0.1, -0.05) is 25.8 Å². The lowest BCUT2D eigenvalue weighted by Gasteiger charge is -2.28. The first-order chi connectivity index (χ1) is 6.61. The van der Waals surface area contributed by atoms with Crippen molar-refractivity contribution in [1.82, 2.24) is 0 Å². The third-order valence-electron chi connectivity index (χ3n) is 3.40. The molecule has 1 aliphatic rings. The van der Waals surface area contributed by atoms with Gasteiger partial charge in [0, 0.05) is 12.3 Å². The summed E-state index contributed by atoms with van der Waals surface area (Å²) >= 11 is 0. The second-order valence-electron chi connectivity index (χ2n) is 4.80. The summed E-state index contributed by atoms with van der Waals surface area (Å²) in [5.74, 6) is 1.50.